The number of carboxylic acids is 1. The molecular weight excluding hydrogens is 280 g/mol. The van der Waals surface area contributed by atoms with Crippen molar-refractivity contribution in [1.29, 1.82) is 0 Å². The van der Waals surface area contributed by atoms with Gasteiger partial charge in [0, 0.05) is 6.54 Å². The Balaban J connectivity index is 2.48. The minimum absolute atomic E-state index is 0.176. The fourth-order valence-corrected chi connectivity index (χ4v) is 2.51. The van der Waals surface area contributed by atoms with Gasteiger partial charge in [0.1, 0.15) is 11.5 Å². The van der Waals surface area contributed by atoms with Crippen molar-refractivity contribution < 1.29 is 19.4 Å². The van der Waals surface area contributed by atoms with Crippen LogP contribution < -0.4 is 5.32 Å². The molecule has 0 aromatic carbocycles. The van der Waals surface area contributed by atoms with Crippen LogP contribution in [0.3, 0.4) is 0 Å². The Morgan fingerprint density at radius 1 is 1.45 bits per heavy atom. The van der Waals surface area contributed by atoms with Crippen LogP contribution in [-0.4, -0.2) is 41.7 Å². The van der Waals surface area contributed by atoms with Crippen LogP contribution >= 0.6 is 11.3 Å². The van der Waals surface area contributed by atoms with Gasteiger partial charge < -0.3 is 15.2 Å². The number of carboxylic acid groups (broad SMARTS) is 1. The number of hydrogen-bond donors (Lipinski definition) is 2. The number of carbonyl (C=O) groups excluding carboxylic acids is 1. The van der Waals surface area contributed by atoms with E-state index in [2.05, 4.69) is 24.1 Å². The quantitative estimate of drug-likeness (QED) is 0.710. The molecule has 0 aliphatic heterocycles. The van der Waals surface area contributed by atoms with Crippen molar-refractivity contribution in [3.63, 3.8) is 0 Å². The van der Waals surface area contributed by atoms with E-state index in [1.54, 1.807) is 0 Å². The number of aryl methyl sites for hydroxylation is 1. The fourth-order valence-electron chi connectivity index (χ4n) is 1.65. The molecule has 6 nitrogen and oxygen atoms in total. The maximum Gasteiger partial charge on any atom is 0.329 e. The molecule has 1 aromatic heterocycles. The number of hydrogen-bond acceptors (Lipinski definition) is 5. The molecule has 2 N–H and O–H groups in total. The monoisotopic (exact) mass is 300 g/mol. The van der Waals surface area contributed by atoms with Crippen molar-refractivity contribution in [2.75, 3.05) is 19.8 Å². The Labute approximate surface area is 122 Å². The number of aliphatic carboxylic acids is 1. The van der Waals surface area contributed by atoms with Gasteiger partial charge in [-0.1, -0.05) is 13.8 Å². The molecule has 1 amide bonds. The van der Waals surface area contributed by atoms with Gasteiger partial charge in [-0.3, -0.25) is 4.79 Å². The van der Waals surface area contributed by atoms with Crippen LogP contribution in [0.4, 0.5) is 0 Å². The molecule has 0 bridgehead atoms. The van der Waals surface area contributed by atoms with E-state index in [-0.39, 0.29) is 25.7 Å². The van der Waals surface area contributed by atoms with Crippen LogP contribution in [0.2, 0.25) is 0 Å². The molecule has 0 spiro atoms. The van der Waals surface area contributed by atoms with Crippen molar-refractivity contribution in [3.8, 4) is 0 Å². The Hall–Kier alpha value is -1.47. The molecule has 0 aliphatic carbocycles. The number of rotatable bonds is 8. The average molecular weight is 300 g/mol. The SMILES string of the molecule is Cc1nc(CC(C)C)c(C(=O)NCCOCC(=O)O)s1. The van der Waals surface area contributed by atoms with Crippen LogP contribution in [0, 0.1) is 12.8 Å². The summed E-state index contributed by atoms with van der Waals surface area (Å²) >= 11 is 1.38. The number of amides is 1. The van der Waals surface area contributed by atoms with Crippen molar-refractivity contribution in [2.45, 2.75) is 27.2 Å². The topological polar surface area (TPSA) is 88.5 Å². The van der Waals surface area contributed by atoms with Crippen LogP contribution in [0.15, 0.2) is 0 Å². The molecule has 0 aliphatic rings. The van der Waals surface area contributed by atoms with E-state index in [9.17, 15) is 9.59 Å². The van der Waals surface area contributed by atoms with Gasteiger partial charge in [0.25, 0.3) is 5.91 Å². The first kappa shape index (κ1) is 16.6. The largest absolute Gasteiger partial charge is 0.480 e. The number of nitrogens with one attached hydrogen (secondary N) is 1. The highest BCUT2D eigenvalue weighted by molar-refractivity contribution is 7.13. The zero-order valence-electron chi connectivity index (χ0n) is 11.9. The van der Waals surface area contributed by atoms with Crippen molar-refractivity contribution >= 4 is 23.2 Å². The molecule has 0 unspecified atom stereocenters. The molecule has 7 heteroatoms. The third-order valence-electron chi connectivity index (χ3n) is 2.37. The smallest absolute Gasteiger partial charge is 0.329 e. The predicted octanol–water partition coefficient (Wildman–Crippen LogP) is 1.48. The Morgan fingerprint density at radius 2 is 2.15 bits per heavy atom. The standard InChI is InChI=1S/C13H20N2O4S/c1-8(2)6-10-12(20-9(3)15-10)13(18)14-4-5-19-7-11(16)17/h8H,4-7H2,1-3H3,(H,14,18)(H,16,17). The number of thiazole rings is 1. The molecular formula is C13H20N2O4S. The van der Waals surface area contributed by atoms with Crippen LogP contribution in [0.5, 0.6) is 0 Å². The summed E-state index contributed by atoms with van der Waals surface area (Å²) in [5.74, 6) is -0.763. The first-order chi connectivity index (χ1) is 9.40. The second-order valence-corrected chi connectivity index (χ2v) is 6.01. The predicted molar refractivity (Wildman–Crippen MR) is 76.2 cm³/mol. The first-order valence-corrected chi connectivity index (χ1v) is 7.25. The lowest BCUT2D eigenvalue weighted by molar-refractivity contribution is -0.142. The lowest BCUT2D eigenvalue weighted by Crippen LogP contribution is -2.28. The fraction of sp³-hybridized carbons (Fsp3) is 0.615. The van der Waals surface area contributed by atoms with Gasteiger partial charge in [0.2, 0.25) is 0 Å². The summed E-state index contributed by atoms with van der Waals surface area (Å²) in [7, 11) is 0. The molecule has 1 aromatic rings. The molecule has 0 saturated heterocycles. The number of ether oxygens (including phenoxy) is 1. The zero-order chi connectivity index (χ0) is 15.1. The summed E-state index contributed by atoms with van der Waals surface area (Å²) in [6.45, 7) is 6.14. The summed E-state index contributed by atoms with van der Waals surface area (Å²) in [6, 6.07) is 0. The third kappa shape index (κ3) is 5.66. The Morgan fingerprint density at radius 3 is 2.75 bits per heavy atom. The van der Waals surface area contributed by atoms with E-state index < -0.39 is 5.97 Å². The highest BCUT2D eigenvalue weighted by Crippen LogP contribution is 2.20. The first-order valence-electron chi connectivity index (χ1n) is 6.44. The molecule has 1 rings (SSSR count). The zero-order valence-corrected chi connectivity index (χ0v) is 12.7. The second kappa shape index (κ2) is 7.96. The van der Waals surface area contributed by atoms with Crippen LogP contribution in [0.25, 0.3) is 0 Å². The van der Waals surface area contributed by atoms with Gasteiger partial charge in [-0.2, -0.15) is 0 Å². The Kier molecular flexibility index (Phi) is 6.60. The number of aromatic nitrogens is 1. The van der Waals surface area contributed by atoms with E-state index in [1.807, 2.05) is 6.92 Å². The highest BCUT2D eigenvalue weighted by atomic mass is 32.1. The maximum absolute atomic E-state index is 12.0. The molecule has 0 radical (unpaired) electrons. The maximum atomic E-state index is 12.0. The minimum Gasteiger partial charge on any atom is -0.480 e. The highest BCUT2D eigenvalue weighted by Gasteiger charge is 2.17. The van der Waals surface area contributed by atoms with E-state index in [0.717, 1.165) is 17.1 Å². The van der Waals surface area contributed by atoms with Gasteiger partial charge in [0.05, 0.1) is 17.3 Å². The molecule has 20 heavy (non-hydrogen) atoms. The third-order valence-corrected chi connectivity index (χ3v) is 3.38. The van der Waals surface area contributed by atoms with E-state index >= 15 is 0 Å². The van der Waals surface area contributed by atoms with Crippen molar-refractivity contribution in [3.05, 3.63) is 15.6 Å². The van der Waals surface area contributed by atoms with Crippen LogP contribution in [0.1, 0.15) is 34.2 Å². The van der Waals surface area contributed by atoms with Gasteiger partial charge >= 0.3 is 5.97 Å². The molecule has 1 heterocycles. The summed E-state index contributed by atoms with van der Waals surface area (Å²) < 4.78 is 4.85. The van der Waals surface area contributed by atoms with Gasteiger partial charge in [0.15, 0.2) is 0 Å². The second-order valence-electron chi connectivity index (χ2n) is 4.81. The van der Waals surface area contributed by atoms with Crippen molar-refractivity contribution in [2.24, 2.45) is 5.92 Å². The number of nitrogens with zero attached hydrogens (tertiary/aromatic N) is 1. The molecule has 0 saturated carbocycles. The van der Waals surface area contributed by atoms with Crippen molar-refractivity contribution in [1.82, 2.24) is 10.3 Å². The number of carbonyl (C=O) groups is 2. The van der Waals surface area contributed by atoms with Gasteiger partial charge in [-0.15, -0.1) is 11.3 Å². The summed E-state index contributed by atoms with van der Waals surface area (Å²) in [6.07, 6.45) is 0.766. The minimum atomic E-state index is -1.02. The molecule has 0 atom stereocenters. The lowest BCUT2D eigenvalue weighted by Gasteiger charge is -2.06. The Bertz CT molecular complexity index is 471. The van der Waals surface area contributed by atoms with Gasteiger partial charge in [-0.25, -0.2) is 9.78 Å². The lowest BCUT2D eigenvalue weighted by atomic mass is 10.1. The molecule has 0 fully saturated rings. The normalized spacial score (nSPS) is 10.8. The summed E-state index contributed by atoms with van der Waals surface area (Å²) in [5.41, 5.74) is 0.825. The summed E-state index contributed by atoms with van der Waals surface area (Å²) in [5, 5.41) is 12.0. The van der Waals surface area contributed by atoms with E-state index in [4.69, 9.17) is 9.84 Å². The van der Waals surface area contributed by atoms with E-state index in [0.29, 0.717) is 10.8 Å². The molecule has 112 valence electrons. The average Bonchev–Trinajstić information content (AvgIpc) is 2.68. The summed E-state index contributed by atoms with van der Waals surface area (Å²) in [4.78, 5) is 27.3. The van der Waals surface area contributed by atoms with E-state index in [1.165, 1.54) is 11.3 Å². The van der Waals surface area contributed by atoms with Crippen LogP contribution in [-0.2, 0) is 16.0 Å². The van der Waals surface area contributed by atoms with Gasteiger partial charge in [-0.05, 0) is 19.3 Å².